The number of fused-ring (bicyclic) bond motifs is 8. The van der Waals surface area contributed by atoms with Gasteiger partial charge in [0, 0.05) is 22.0 Å². The molecule has 0 saturated carbocycles. The van der Waals surface area contributed by atoms with Gasteiger partial charge in [-0.05, 0) is 47.9 Å². The highest BCUT2D eigenvalue weighted by Gasteiger charge is 2.13. The summed E-state index contributed by atoms with van der Waals surface area (Å²) in [6, 6.07) is 18.1. The Bertz CT molecular complexity index is 1190. The lowest BCUT2D eigenvalue weighted by Gasteiger charge is -2.08. The maximum absolute atomic E-state index is 6.20. The van der Waals surface area contributed by atoms with Crippen molar-refractivity contribution in [3.63, 3.8) is 0 Å². The standard InChI is InChI=1S/C18H10ClN3/c19-11-7-8-13-14(10-11)12-4-3-9-20-17(12)22-16-6-2-1-5-15(16)21-18(13)22/h1-10H. The van der Waals surface area contributed by atoms with Crippen LogP contribution in [-0.2, 0) is 0 Å². The molecule has 22 heavy (non-hydrogen) atoms. The van der Waals surface area contributed by atoms with Crippen molar-refractivity contribution in [1.82, 2.24) is 14.4 Å². The van der Waals surface area contributed by atoms with Gasteiger partial charge in [0.05, 0.1) is 11.0 Å². The maximum atomic E-state index is 6.20. The van der Waals surface area contributed by atoms with E-state index in [9.17, 15) is 0 Å². The highest BCUT2D eigenvalue weighted by Crippen LogP contribution is 2.32. The first kappa shape index (κ1) is 12.0. The van der Waals surface area contributed by atoms with Crippen molar-refractivity contribution in [1.29, 1.82) is 0 Å². The SMILES string of the molecule is Clc1ccc2c(c1)c1cccnc1n1c3ccccc3nc21. The van der Waals surface area contributed by atoms with Gasteiger partial charge in [0.15, 0.2) is 0 Å². The van der Waals surface area contributed by atoms with Gasteiger partial charge < -0.3 is 0 Å². The lowest BCUT2D eigenvalue weighted by Crippen LogP contribution is -1.93. The summed E-state index contributed by atoms with van der Waals surface area (Å²) < 4.78 is 2.13. The van der Waals surface area contributed by atoms with Crippen LogP contribution in [0.4, 0.5) is 0 Å². The van der Waals surface area contributed by atoms with Gasteiger partial charge in [-0.2, -0.15) is 0 Å². The van der Waals surface area contributed by atoms with Crippen LogP contribution in [0.3, 0.4) is 0 Å². The van der Waals surface area contributed by atoms with Crippen LogP contribution in [0.25, 0.3) is 38.5 Å². The van der Waals surface area contributed by atoms with Crippen molar-refractivity contribution < 1.29 is 0 Å². The number of pyridine rings is 2. The van der Waals surface area contributed by atoms with E-state index in [2.05, 4.69) is 21.5 Å². The summed E-state index contributed by atoms with van der Waals surface area (Å²) in [5, 5.41) is 3.97. The second kappa shape index (κ2) is 4.18. The third kappa shape index (κ3) is 1.46. The predicted molar refractivity (Wildman–Crippen MR) is 90.5 cm³/mol. The smallest absolute Gasteiger partial charge is 0.147 e. The second-order valence-electron chi connectivity index (χ2n) is 5.32. The Kier molecular flexibility index (Phi) is 2.27. The van der Waals surface area contributed by atoms with Gasteiger partial charge in [-0.3, -0.25) is 4.40 Å². The molecule has 5 rings (SSSR count). The minimum Gasteiger partial charge on any atom is -0.276 e. The van der Waals surface area contributed by atoms with Crippen molar-refractivity contribution in [2.24, 2.45) is 0 Å². The predicted octanol–water partition coefficient (Wildman–Crippen LogP) is 4.84. The summed E-state index contributed by atoms with van der Waals surface area (Å²) in [4.78, 5) is 9.39. The largest absolute Gasteiger partial charge is 0.276 e. The molecule has 3 heterocycles. The van der Waals surface area contributed by atoms with Crippen molar-refractivity contribution in [3.05, 3.63) is 65.8 Å². The monoisotopic (exact) mass is 303 g/mol. The van der Waals surface area contributed by atoms with E-state index in [4.69, 9.17) is 16.6 Å². The van der Waals surface area contributed by atoms with Crippen molar-refractivity contribution in [2.75, 3.05) is 0 Å². The van der Waals surface area contributed by atoms with Crippen LogP contribution < -0.4 is 0 Å². The highest BCUT2D eigenvalue weighted by molar-refractivity contribution is 6.32. The highest BCUT2D eigenvalue weighted by atomic mass is 35.5. The molecule has 0 amide bonds. The Hall–Kier alpha value is -2.65. The molecule has 0 fully saturated rings. The Labute approximate surface area is 130 Å². The van der Waals surface area contributed by atoms with Crippen LogP contribution in [0.2, 0.25) is 5.02 Å². The summed E-state index contributed by atoms with van der Waals surface area (Å²) in [6.07, 6.45) is 1.81. The molecule has 104 valence electrons. The zero-order valence-electron chi connectivity index (χ0n) is 11.5. The van der Waals surface area contributed by atoms with E-state index in [1.165, 1.54) is 0 Å². The topological polar surface area (TPSA) is 30.2 Å². The molecule has 0 aliphatic carbocycles. The number of para-hydroxylation sites is 2. The molecule has 0 atom stereocenters. The van der Waals surface area contributed by atoms with E-state index < -0.39 is 0 Å². The molecule has 5 aromatic rings. The van der Waals surface area contributed by atoms with E-state index in [-0.39, 0.29) is 0 Å². The molecule has 0 bridgehead atoms. The number of halogens is 1. The van der Waals surface area contributed by atoms with E-state index >= 15 is 0 Å². The Morgan fingerprint density at radius 3 is 2.64 bits per heavy atom. The Morgan fingerprint density at radius 1 is 0.818 bits per heavy atom. The summed E-state index contributed by atoms with van der Waals surface area (Å²) in [5.74, 6) is 0. The van der Waals surface area contributed by atoms with E-state index in [0.29, 0.717) is 0 Å². The Balaban J connectivity index is 2.22. The van der Waals surface area contributed by atoms with Crippen LogP contribution in [0, 0.1) is 0 Å². The first-order chi connectivity index (χ1) is 10.8. The second-order valence-corrected chi connectivity index (χ2v) is 5.76. The number of rotatable bonds is 0. The van der Waals surface area contributed by atoms with E-state index in [0.717, 1.165) is 43.5 Å². The lowest BCUT2D eigenvalue weighted by atomic mass is 10.1. The molecule has 0 spiro atoms. The molecule has 0 aliphatic heterocycles. The Morgan fingerprint density at radius 2 is 1.68 bits per heavy atom. The number of aromatic nitrogens is 3. The molecule has 0 N–H and O–H groups in total. The molecule has 2 aromatic carbocycles. The van der Waals surface area contributed by atoms with Crippen molar-refractivity contribution in [3.8, 4) is 0 Å². The summed E-state index contributed by atoms with van der Waals surface area (Å²) >= 11 is 6.20. The molecular formula is C18H10ClN3. The zero-order valence-corrected chi connectivity index (χ0v) is 12.2. The molecule has 0 radical (unpaired) electrons. The van der Waals surface area contributed by atoms with E-state index in [1.54, 1.807) is 0 Å². The molecular weight excluding hydrogens is 294 g/mol. The van der Waals surface area contributed by atoms with Gasteiger partial charge in [-0.15, -0.1) is 0 Å². The molecule has 3 nitrogen and oxygen atoms in total. The molecule has 0 saturated heterocycles. The average Bonchev–Trinajstić information content (AvgIpc) is 2.94. The first-order valence-electron chi connectivity index (χ1n) is 7.06. The van der Waals surface area contributed by atoms with Gasteiger partial charge >= 0.3 is 0 Å². The van der Waals surface area contributed by atoms with Crippen LogP contribution in [0.15, 0.2) is 60.8 Å². The van der Waals surface area contributed by atoms with Gasteiger partial charge in [0.25, 0.3) is 0 Å². The summed E-state index contributed by atoms with van der Waals surface area (Å²) in [6.45, 7) is 0. The van der Waals surface area contributed by atoms with E-state index in [1.807, 2.05) is 48.7 Å². The zero-order chi connectivity index (χ0) is 14.7. The van der Waals surface area contributed by atoms with Crippen LogP contribution in [0.5, 0.6) is 0 Å². The first-order valence-corrected chi connectivity index (χ1v) is 7.44. The van der Waals surface area contributed by atoms with Crippen molar-refractivity contribution in [2.45, 2.75) is 0 Å². The number of hydrogen-bond acceptors (Lipinski definition) is 2. The summed E-state index contributed by atoms with van der Waals surface area (Å²) in [5.41, 5.74) is 3.86. The van der Waals surface area contributed by atoms with Crippen LogP contribution >= 0.6 is 11.6 Å². The van der Waals surface area contributed by atoms with Crippen molar-refractivity contribution >= 4 is 50.1 Å². The van der Waals surface area contributed by atoms with Gasteiger partial charge in [0.2, 0.25) is 0 Å². The van der Waals surface area contributed by atoms with Gasteiger partial charge in [-0.25, -0.2) is 9.97 Å². The van der Waals surface area contributed by atoms with Gasteiger partial charge in [0.1, 0.15) is 11.3 Å². The fourth-order valence-corrected chi connectivity index (χ4v) is 3.31. The number of imidazole rings is 1. The molecule has 0 unspecified atom stereocenters. The summed E-state index contributed by atoms with van der Waals surface area (Å²) in [7, 11) is 0. The third-order valence-electron chi connectivity index (χ3n) is 4.07. The maximum Gasteiger partial charge on any atom is 0.147 e. The lowest BCUT2D eigenvalue weighted by molar-refractivity contribution is 1.23. The molecule has 3 aromatic heterocycles. The number of benzene rings is 2. The van der Waals surface area contributed by atoms with Crippen LogP contribution in [-0.4, -0.2) is 14.4 Å². The normalized spacial score (nSPS) is 11.9. The quantitative estimate of drug-likeness (QED) is 0.383. The molecule has 0 aliphatic rings. The van der Waals surface area contributed by atoms with Gasteiger partial charge in [-0.1, -0.05) is 23.7 Å². The fraction of sp³-hybridized carbons (Fsp3) is 0. The third-order valence-corrected chi connectivity index (χ3v) is 4.31. The average molecular weight is 304 g/mol. The number of nitrogens with zero attached hydrogens (tertiary/aromatic N) is 3. The fourth-order valence-electron chi connectivity index (χ4n) is 3.14. The number of hydrogen-bond donors (Lipinski definition) is 0. The molecule has 4 heteroatoms. The van der Waals surface area contributed by atoms with Crippen LogP contribution in [0.1, 0.15) is 0 Å². The minimum absolute atomic E-state index is 0.720. The minimum atomic E-state index is 0.720.